The van der Waals surface area contributed by atoms with Crippen LogP contribution in [-0.2, 0) is 24.2 Å². The number of hydrogen-bond acceptors (Lipinski definition) is 3. The van der Waals surface area contributed by atoms with Crippen LogP contribution in [0.5, 0.6) is 11.5 Å². The molecular formula is C18H19NO3. The van der Waals surface area contributed by atoms with Crippen molar-refractivity contribution in [3.63, 3.8) is 0 Å². The minimum atomic E-state index is 0.0157. The van der Waals surface area contributed by atoms with Gasteiger partial charge in [-0.15, -0.1) is 0 Å². The first kappa shape index (κ1) is 14.4. The van der Waals surface area contributed by atoms with Gasteiger partial charge in [-0.3, -0.25) is 4.79 Å². The molecule has 0 aliphatic carbocycles. The summed E-state index contributed by atoms with van der Waals surface area (Å²) < 4.78 is 10.6. The van der Waals surface area contributed by atoms with E-state index in [0.717, 1.165) is 29.0 Å². The molecule has 22 heavy (non-hydrogen) atoms. The standard InChI is InChI=1S/C18H19NO3/c1-2-13-3-5-14(6-4-13)10-18(20)19-11-15-7-8-16-17(9-15)22-12-21-16/h3-9H,2,10-12H2,1H3,(H,19,20). The Balaban J connectivity index is 1.53. The molecule has 4 heteroatoms. The maximum atomic E-state index is 12.0. The molecule has 1 N–H and O–H groups in total. The van der Waals surface area contributed by atoms with Crippen LogP contribution in [0, 0.1) is 0 Å². The normalized spacial score (nSPS) is 12.2. The van der Waals surface area contributed by atoms with Crippen LogP contribution in [0.3, 0.4) is 0 Å². The number of nitrogens with one attached hydrogen (secondary N) is 1. The van der Waals surface area contributed by atoms with E-state index in [1.54, 1.807) is 0 Å². The number of carbonyl (C=O) groups is 1. The second-order valence-electron chi connectivity index (χ2n) is 5.31. The van der Waals surface area contributed by atoms with Crippen molar-refractivity contribution < 1.29 is 14.3 Å². The van der Waals surface area contributed by atoms with Crippen LogP contribution in [0.4, 0.5) is 0 Å². The van der Waals surface area contributed by atoms with Crippen molar-refractivity contribution in [3.05, 3.63) is 59.2 Å². The number of benzene rings is 2. The zero-order valence-corrected chi connectivity index (χ0v) is 12.6. The third-order valence-corrected chi connectivity index (χ3v) is 3.72. The maximum Gasteiger partial charge on any atom is 0.231 e. The van der Waals surface area contributed by atoms with Crippen LogP contribution < -0.4 is 14.8 Å². The molecule has 114 valence electrons. The second-order valence-corrected chi connectivity index (χ2v) is 5.31. The lowest BCUT2D eigenvalue weighted by Gasteiger charge is -2.07. The zero-order valence-electron chi connectivity index (χ0n) is 12.6. The van der Waals surface area contributed by atoms with Crippen LogP contribution in [0.25, 0.3) is 0 Å². The largest absolute Gasteiger partial charge is 0.454 e. The van der Waals surface area contributed by atoms with Crippen molar-refractivity contribution in [1.82, 2.24) is 5.32 Å². The summed E-state index contributed by atoms with van der Waals surface area (Å²) in [5, 5.41) is 2.93. The molecule has 4 nitrogen and oxygen atoms in total. The average Bonchev–Trinajstić information content (AvgIpc) is 3.01. The fraction of sp³-hybridized carbons (Fsp3) is 0.278. The van der Waals surface area contributed by atoms with Crippen molar-refractivity contribution >= 4 is 5.91 Å². The van der Waals surface area contributed by atoms with Gasteiger partial charge >= 0.3 is 0 Å². The van der Waals surface area contributed by atoms with E-state index in [9.17, 15) is 4.79 Å². The van der Waals surface area contributed by atoms with Crippen LogP contribution in [0.2, 0.25) is 0 Å². The quantitative estimate of drug-likeness (QED) is 0.923. The molecule has 1 aliphatic rings. The molecule has 0 spiro atoms. The molecule has 0 bridgehead atoms. The second kappa shape index (κ2) is 6.52. The molecule has 0 fully saturated rings. The van der Waals surface area contributed by atoms with Crippen LogP contribution in [0.15, 0.2) is 42.5 Å². The molecule has 1 heterocycles. The van der Waals surface area contributed by atoms with Crippen molar-refractivity contribution in [2.24, 2.45) is 0 Å². The van der Waals surface area contributed by atoms with Crippen molar-refractivity contribution in [1.29, 1.82) is 0 Å². The fourth-order valence-electron chi connectivity index (χ4n) is 2.39. The van der Waals surface area contributed by atoms with Gasteiger partial charge < -0.3 is 14.8 Å². The van der Waals surface area contributed by atoms with Crippen molar-refractivity contribution in [3.8, 4) is 11.5 Å². The number of ether oxygens (including phenoxy) is 2. The van der Waals surface area contributed by atoms with Gasteiger partial charge in [0.2, 0.25) is 12.7 Å². The number of fused-ring (bicyclic) bond motifs is 1. The molecule has 0 saturated carbocycles. The first-order valence-corrected chi connectivity index (χ1v) is 7.47. The first-order chi connectivity index (χ1) is 10.7. The Labute approximate surface area is 130 Å². The highest BCUT2D eigenvalue weighted by Crippen LogP contribution is 2.32. The summed E-state index contributed by atoms with van der Waals surface area (Å²) in [6.07, 6.45) is 1.41. The number of rotatable bonds is 5. The lowest BCUT2D eigenvalue weighted by Crippen LogP contribution is -2.24. The third kappa shape index (κ3) is 3.39. The lowest BCUT2D eigenvalue weighted by molar-refractivity contribution is -0.120. The monoisotopic (exact) mass is 297 g/mol. The lowest BCUT2D eigenvalue weighted by atomic mass is 10.1. The maximum absolute atomic E-state index is 12.0. The Hall–Kier alpha value is -2.49. The summed E-state index contributed by atoms with van der Waals surface area (Å²) >= 11 is 0. The third-order valence-electron chi connectivity index (χ3n) is 3.72. The van der Waals surface area contributed by atoms with E-state index in [1.165, 1.54) is 5.56 Å². The van der Waals surface area contributed by atoms with Gasteiger partial charge in [0.15, 0.2) is 11.5 Å². The van der Waals surface area contributed by atoms with Gasteiger partial charge in [0.25, 0.3) is 0 Å². The number of carbonyl (C=O) groups excluding carboxylic acids is 1. The molecule has 0 saturated heterocycles. The topological polar surface area (TPSA) is 47.6 Å². The van der Waals surface area contributed by atoms with Gasteiger partial charge in [0.1, 0.15) is 0 Å². The van der Waals surface area contributed by atoms with E-state index in [4.69, 9.17) is 9.47 Å². The number of aryl methyl sites for hydroxylation is 1. The molecule has 2 aromatic rings. The summed E-state index contributed by atoms with van der Waals surface area (Å²) in [7, 11) is 0. The van der Waals surface area contributed by atoms with Crippen molar-refractivity contribution in [2.45, 2.75) is 26.3 Å². The molecule has 1 amide bonds. The van der Waals surface area contributed by atoms with E-state index in [-0.39, 0.29) is 12.7 Å². The van der Waals surface area contributed by atoms with Crippen molar-refractivity contribution in [2.75, 3.05) is 6.79 Å². The van der Waals surface area contributed by atoms with Gasteiger partial charge in [0, 0.05) is 6.54 Å². The molecule has 3 rings (SSSR count). The number of hydrogen-bond donors (Lipinski definition) is 1. The molecule has 0 unspecified atom stereocenters. The van der Waals surface area contributed by atoms with E-state index < -0.39 is 0 Å². The van der Waals surface area contributed by atoms with E-state index >= 15 is 0 Å². The Morgan fingerprint density at radius 3 is 2.45 bits per heavy atom. The Morgan fingerprint density at radius 2 is 1.68 bits per heavy atom. The highest BCUT2D eigenvalue weighted by Gasteiger charge is 2.13. The van der Waals surface area contributed by atoms with Gasteiger partial charge in [-0.2, -0.15) is 0 Å². The summed E-state index contributed by atoms with van der Waals surface area (Å²) in [5.74, 6) is 1.51. The highest BCUT2D eigenvalue weighted by molar-refractivity contribution is 5.78. The van der Waals surface area contributed by atoms with Crippen LogP contribution >= 0.6 is 0 Å². The first-order valence-electron chi connectivity index (χ1n) is 7.47. The average molecular weight is 297 g/mol. The Bertz CT molecular complexity index is 665. The van der Waals surface area contributed by atoms with E-state index in [0.29, 0.717) is 13.0 Å². The van der Waals surface area contributed by atoms with Crippen LogP contribution in [-0.4, -0.2) is 12.7 Å². The fourth-order valence-corrected chi connectivity index (χ4v) is 2.39. The summed E-state index contributed by atoms with van der Waals surface area (Å²) in [5.41, 5.74) is 3.31. The van der Waals surface area contributed by atoms with E-state index in [2.05, 4.69) is 24.4 Å². The highest BCUT2D eigenvalue weighted by atomic mass is 16.7. The zero-order chi connectivity index (χ0) is 15.4. The summed E-state index contributed by atoms with van der Waals surface area (Å²) in [6.45, 7) is 2.87. The predicted molar refractivity (Wildman–Crippen MR) is 83.9 cm³/mol. The van der Waals surface area contributed by atoms with E-state index in [1.807, 2.05) is 30.3 Å². The summed E-state index contributed by atoms with van der Waals surface area (Å²) in [6, 6.07) is 13.9. The number of amides is 1. The SMILES string of the molecule is CCc1ccc(CC(=O)NCc2ccc3c(c2)OCO3)cc1. The Morgan fingerprint density at radius 1 is 1.00 bits per heavy atom. The molecule has 0 radical (unpaired) electrons. The predicted octanol–water partition coefficient (Wildman–Crippen LogP) is 2.84. The van der Waals surface area contributed by atoms with Gasteiger partial charge in [0.05, 0.1) is 6.42 Å². The Kier molecular flexibility index (Phi) is 4.28. The molecular weight excluding hydrogens is 278 g/mol. The minimum Gasteiger partial charge on any atom is -0.454 e. The summed E-state index contributed by atoms with van der Waals surface area (Å²) in [4.78, 5) is 12.0. The van der Waals surface area contributed by atoms with Gasteiger partial charge in [-0.25, -0.2) is 0 Å². The minimum absolute atomic E-state index is 0.0157. The van der Waals surface area contributed by atoms with Gasteiger partial charge in [-0.1, -0.05) is 37.3 Å². The molecule has 0 aromatic heterocycles. The smallest absolute Gasteiger partial charge is 0.231 e. The molecule has 2 aromatic carbocycles. The van der Waals surface area contributed by atoms with Crippen LogP contribution in [0.1, 0.15) is 23.6 Å². The molecule has 0 atom stereocenters. The van der Waals surface area contributed by atoms with Gasteiger partial charge in [-0.05, 0) is 35.2 Å². The molecule has 1 aliphatic heterocycles.